The molecule has 0 aliphatic carbocycles. The highest BCUT2D eigenvalue weighted by molar-refractivity contribution is 5.89. The van der Waals surface area contributed by atoms with Crippen LogP contribution in [0.2, 0.25) is 0 Å². The van der Waals surface area contributed by atoms with E-state index in [-0.39, 0.29) is 17.6 Å². The van der Waals surface area contributed by atoms with Gasteiger partial charge in [-0.05, 0) is 44.5 Å². The number of anilines is 1. The molecule has 0 N–H and O–H groups in total. The SMILES string of the molecule is COc1cc(CN2C[C@H](C)N(c3cc(=O)n(C)c4ccc(C#N)nc34)C[C@H]2C)cc(C)n1. The fraction of sp³-hybridized carbons (Fsp3) is 0.417. The van der Waals surface area contributed by atoms with Gasteiger partial charge < -0.3 is 14.2 Å². The Kier molecular flexibility index (Phi) is 5.85. The topological polar surface area (TPSA) is 87.3 Å². The van der Waals surface area contributed by atoms with E-state index >= 15 is 0 Å². The van der Waals surface area contributed by atoms with Crippen LogP contribution < -0.4 is 15.2 Å². The first kappa shape index (κ1) is 21.8. The van der Waals surface area contributed by atoms with E-state index < -0.39 is 0 Å². The van der Waals surface area contributed by atoms with Gasteiger partial charge in [-0.15, -0.1) is 0 Å². The molecule has 2 atom stereocenters. The number of pyridine rings is 3. The summed E-state index contributed by atoms with van der Waals surface area (Å²) >= 11 is 0. The summed E-state index contributed by atoms with van der Waals surface area (Å²) < 4.78 is 6.91. The Bertz CT molecular complexity index is 1260. The largest absolute Gasteiger partial charge is 0.481 e. The van der Waals surface area contributed by atoms with Crippen LogP contribution in [-0.2, 0) is 13.6 Å². The highest BCUT2D eigenvalue weighted by Crippen LogP contribution is 2.29. The van der Waals surface area contributed by atoms with Gasteiger partial charge in [0.05, 0.1) is 18.3 Å². The number of hydrogen-bond acceptors (Lipinski definition) is 7. The Hall–Kier alpha value is -3.44. The number of aromatic nitrogens is 3. The number of piperazine rings is 1. The number of ether oxygens (including phenoxy) is 1. The molecule has 0 amide bonds. The van der Waals surface area contributed by atoms with E-state index in [0.29, 0.717) is 17.1 Å². The summed E-state index contributed by atoms with van der Waals surface area (Å²) in [6, 6.07) is 11.7. The van der Waals surface area contributed by atoms with E-state index in [1.54, 1.807) is 36.9 Å². The van der Waals surface area contributed by atoms with Crippen molar-refractivity contribution in [2.75, 3.05) is 25.1 Å². The summed E-state index contributed by atoms with van der Waals surface area (Å²) in [6.07, 6.45) is 0. The summed E-state index contributed by atoms with van der Waals surface area (Å²) in [4.78, 5) is 26.3. The molecule has 1 saturated heterocycles. The summed E-state index contributed by atoms with van der Waals surface area (Å²) in [5.41, 5.74) is 4.58. The third kappa shape index (κ3) is 4.04. The predicted octanol–water partition coefficient (Wildman–Crippen LogP) is 2.62. The molecule has 3 aromatic heterocycles. The lowest BCUT2D eigenvalue weighted by Crippen LogP contribution is -2.56. The second-order valence-electron chi connectivity index (χ2n) is 8.54. The van der Waals surface area contributed by atoms with Crippen LogP contribution in [0.1, 0.15) is 30.8 Å². The van der Waals surface area contributed by atoms with Crippen LogP contribution in [0.15, 0.2) is 35.1 Å². The van der Waals surface area contributed by atoms with E-state index in [4.69, 9.17) is 4.74 Å². The number of aryl methyl sites for hydroxylation is 2. The van der Waals surface area contributed by atoms with Crippen LogP contribution in [0.3, 0.4) is 0 Å². The number of fused-ring (bicyclic) bond motifs is 1. The van der Waals surface area contributed by atoms with Gasteiger partial charge >= 0.3 is 0 Å². The first-order valence-corrected chi connectivity index (χ1v) is 10.7. The van der Waals surface area contributed by atoms with Crippen molar-refractivity contribution in [1.29, 1.82) is 5.26 Å². The highest BCUT2D eigenvalue weighted by Gasteiger charge is 2.31. The molecule has 3 aromatic rings. The molecule has 8 nitrogen and oxygen atoms in total. The lowest BCUT2D eigenvalue weighted by Gasteiger charge is -2.45. The van der Waals surface area contributed by atoms with Crippen LogP contribution in [0.4, 0.5) is 5.69 Å². The number of rotatable bonds is 4. The second kappa shape index (κ2) is 8.60. The van der Waals surface area contributed by atoms with Crippen LogP contribution >= 0.6 is 0 Å². The van der Waals surface area contributed by atoms with Crippen LogP contribution in [0.5, 0.6) is 5.88 Å². The minimum atomic E-state index is -0.0827. The highest BCUT2D eigenvalue weighted by atomic mass is 16.5. The Morgan fingerprint density at radius 1 is 1.16 bits per heavy atom. The second-order valence-corrected chi connectivity index (χ2v) is 8.54. The molecule has 0 saturated carbocycles. The van der Waals surface area contributed by atoms with E-state index in [1.165, 1.54) is 5.56 Å². The van der Waals surface area contributed by atoms with Gasteiger partial charge in [0.25, 0.3) is 5.56 Å². The van der Waals surface area contributed by atoms with E-state index in [0.717, 1.165) is 36.5 Å². The van der Waals surface area contributed by atoms with Crippen LogP contribution in [0.25, 0.3) is 11.0 Å². The van der Waals surface area contributed by atoms with Gasteiger partial charge in [-0.2, -0.15) is 5.26 Å². The van der Waals surface area contributed by atoms with Crippen molar-refractivity contribution >= 4 is 16.7 Å². The molecule has 1 fully saturated rings. The standard InChI is InChI=1S/C24H28N6O2/c1-15-8-18(9-22(26-15)32-5)14-29-12-17(3)30(13-16(29)2)21-10-23(31)28(4)20-7-6-19(11-25)27-24(20)21/h6-10,16-17H,12-14H2,1-5H3/t16-,17+/m1/s1. The van der Waals surface area contributed by atoms with Gasteiger partial charge in [-0.25, -0.2) is 9.97 Å². The molecule has 0 unspecified atom stereocenters. The van der Waals surface area contributed by atoms with Crippen LogP contribution in [0, 0.1) is 18.3 Å². The summed E-state index contributed by atoms with van der Waals surface area (Å²) in [7, 11) is 3.37. The molecular formula is C24H28N6O2. The molecule has 1 aliphatic heterocycles. The third-order valence-corrected chi connectivity index (χ3v) is 6.19. The number of nitriles is 1. The van der Waals surface area contributed by atoms with E-state index in [9.17, 15) is 10.1 Å². The van der Waals surface area contributed by atoms with Crippen molar-refractivity contribution in [2.45, 2.75) is 39.4 Å². The van der Waals surface area contributed by atoms with Gasteiger partial charge in [0.15, 0.2) is 0 Å². The zero-order valence-corrected chi connectivity index (χ0v) is 19.2. The predicted molar refractivity (Wildman–Crippen MR) is 124 cm³/mol. The molecule has 8 heteroatoms. The molecule has 32 heavy (non-hydrogen) atoms. The summed E-state index contributed by atoms with van der Waals surface area (Å²) in [5.74, 6) is 0.630. The normalized spacial score (nSPS) is 19.2. The van der Waals surface area contributed by atoms with Crippen molar-refractivity contribution in [3.8, 4) is 11.9 Å². The average Bonchev–Trinajstić information content (AvgIpc) is 2.77. The molecular weight excluding hydrogens is 404 g/mol. The number of hydrogen-bond donors (Lipinski definition) is 0. The van der Waals surface area contributed by atoms with Crippen molar-refractivity contribution in [3.05, 3.63) is 57.6 Å². The maximum Gasteiger partial charge on any atom is 0.252 e. The zero-order chi connectivity index (χ0) is 23.0. The van der Waals surface area contributed by atoms with Crippen molar-refractivity contribution in [1.82, 2.24) is 19.4 Å². The lowest BCUT2D eigenvalue weighted by molar-refractivity contribution is 0.158. The minimum Gasteiger partial charge on any atom is -0.481 e. The van der Waals surface area contributed by atoms with E-state index in [2.05, 4.69) is 45.8 Å². The average molecular weight is 433 g/mol. The molecule has 0 aromatic carbocycles. The first-order chi connectivity index (χ1) is 15.3. The summed E-state index contributed by atoms with van der Waals surface area (Å²) in [6.45, 7) is 8.71. The molecule has 1 aliphatic rings. The summed E-state index contributed by atoms with van der Waals surface area (Å²) in [5, 5.41) is 9.33. The minimum absolute atomic E-state index is 0.0827. The quantitative estimate of drug-likeness (QED) is 0.626. The Labute approximate surface area is 187 Å². The number of methoxy groups -OCH3 is 1. The van der Waals surface area contributed by atoms with Gasteiger partial charge in [-0.3, -0.25) is 9.69 Å². The maximum atomic E-state index is 12.7. The molecule has 0 radical (unpaired) electrons. The monoisotopic (exact) mass is 432 g/mol. The molecule has 166 valence electrons. The van der Waals surface area contributed by atoms with Crippen molar-refractivity contribution in [3.63, 3.8) is 0 Å². The molecule has 0 bridgehead atoms. The third-order valence-electron chi connectivity index (χ3n) is 6.19. The Morgan fingerprint density at radius 3 is 2.66 bits per heavy atom. The molecule has 4 heterocycles. The van der Waals surface area contributed by atoms with Gasteiger partial charge in [0.1, 0.15) is 17.3 Å². The Balaban J connectivity index is 1.65. The van der Waals surface area contributed by atoms with Gasteiger partial charge in [-0.1, -0.05) is 0 Å². The van der Waals surface area contributed by atoms with Gasteiger partial charge in [0, 0.05) is 56.6 Å². The number of nitrogens with zero attached hydrogens (tertiary/aromatic N) is 6. The van der Waals surface area contributed by atoms with Crippen LogP contribution in [-0.4, -0.2) is 51.7 Å². The van der Waals surface area contributed by atoms with E-state index in [1.807, 2.05) is 13.0 Å². The van der Waals surface area contributed by atoms with Crippen molar-refractivity contribution in [2.24, 2.45) is 7.05 Å². The molecule has 4 rings (SSSR count). The van der Waals surface area contributed by atoms with Gasteiger partial charge in [0.2, 0.25) is 5.88 Å². The molecule has 0 spiro atoms. The lowest BCUT2D eigenvalue weighted by atomic mass is 10.0. The Morgan fingerprint density at radius 2 is 1.94 bits per heavy atom. The smallest absolute Gasteiger partial charge is 0.252 e. The maximum absolute atomic E-state index is 12.7. The fourth-order valence-electron chi connectivity index (χ4n) is 4.48. The first-order valence-electron chi connectivity index (χ1n) is 10.7. The van der Waals surface area contributed by atoms with Crippen molar-refractivity contribution < 1.29 is 4.74 Å². The fourth-order valence-corrected chi connectivity index (χ4v) is 4.48. The zero-order valence-electron chi connectivity index (χ0n) is 19.2.